The third-order valence-electron chi connectivity index (χ3n) is 3.72. The minimum atomic E-state index is -0.664. The summed E-state index contributed by atoms with van der Waals surface area (Å²) in [6, 6.07) is 8.20. The molecule has 4 N–H and O–H groups in total. The van der Waals surface area contributed by atoms with E-state index < -0.39 is 17.2 Å². The lowest BCUT2D eigenvalue weighted by Crippen LogP contribution is -2.25. The molecule has 2 amide bonds. The van der Waals surface area contributed by atoms with Gasteiger partial charge in [0.05, 0.1) is 10.9 Å². The zero-order valence-electron chi connectivity index (χ0n) is 13.8. The summed E-state index contributed by atoms with van der Waals surface area (Å²) in [5.41, 5.74) is 0.232. The highest BCUT2D eigenvalue weighted by Crippen LogP contribution is 2.08. The normalized spacial score (nSPS) is 10.5. The largest absolute Gasteiger partial charge is 0.355 e. The molecule has 0 fully saturated rings. The lowest BCUT2D eigenvalue weighted by Gasteiger charge is -2.07. The molecule has 9 heteroatoms. The average molecular weight is 353 g/mol. The van der Waals surface area contributed by atoms with E-state index in [1.54, 1.807) is 31.3 Å². The van der Waals surface area contributed by atoms with Gasteiger partial charge in [-0.05, 0) is 23.8 Å². The van der Waals surface area contributed by atoms with Crippen LogP contribution in [-0.2, 0) is 6.54 Å². The fourth-order valence-electron chi connectivity index (χ4n) is 2.42. The fraction of sp³-hybridized carbons (Fsp3) is 0.118. The smallest absolute Gasteiger partial charge is 0.327 e. The van der Waals surface area contributed by atoms with Crippen LogP contribution in [0.5, 0.6) is 0 Å². The molecule has 0 saturated carbocycles. The lowest BCUT2D eigenvalue weighted by molar-refractivity contribution is 0.0948. The number of carbonyl (C=O) groups excluding carboxylic acids is 2. The van der Waals surface area contributed by atoms with Gasteiger partial charge in [0.15, 0.2) is 0 Å². The van der Waals surface area contributed by atoms with Gasteiger partial charge in [0.2, 0.25) is 0 Å². The standard InChI is InChI=1S/C17H15N5O4/c1-18-14(23)10-4-2-3-9(5-10)7-20-15(24)11-6-12-13(19-8-11)21-17(26)22-16(12)25/h2-6,8H,7H2,1H3,(H,18,23)(H,20,24)(H2,19,21,22,25,26). The Morgan fingerprint density at radius 3 is 2.65 bits per heavy atom. The van der Waals surface area contributed by atoms with Crippen LogP contribution in [0.15, 0.2) is 46.1 Å². The van der Waals surface area contributed by atoms with E-state index in [1.807, 2.05) is 0 Å². The molecule has 1 aromatic carbocycles. The van der Waals surface area contributed by atoms with E-state index in [9.17, 15) is 19.2 Å². The van der Waals surface area contributed by atoms with Gasteiger partial charge in [0, 0.05) is 25.4 Å². The van der Waals surface area contributed by atoms with Crippen LogP contribution in [0.4, 0.5) is 0 Å². The molecule has 0 aliphatic carbocycles. The predicted octanol–water partition coefficient (Wildman–Crippen LogP) is -0.0990. The van der Waals surface area contributed by atoms with Crippen molar-refractivity contribution in [3.63, 3.8) is 0 Å². The molecule has 0 radical (unpaired) electrons. The summed E-state index contributed by atoms with van der Waals surface area (Å²) in [4.78, 5) is 55.4. The minimum Gasteiger partial charge on any atom is -0.355 e. The first-order valence-corrected chi connectivity index (χ1v) is 7.69. The van der Waals surface area contributed by atoms with E-state index in [0.717, 1.165) is 5.56 Å². The van der Waals surface area contributed by atoms with Gasteiger partial charge in [0.1, 0.15) is 5.65 Å². The van der Waals surface area contributed by atoms with Crippen molar-refractivity contribution < 1.29 is 9.59 Å². The van der Waals surface area contributed by atoms with Crippen LogP contribution >= 0.6 is 0 Å². The molecular weight excluding hydrogens is 338 g/mol. The summed E-state index contributed by atoms with van der Waals surface area (Å²) < 4.78 is 0. The topological polar surface area (TPSA) is 137 Å². The number of rotatable bonds is 4. The second-order valence-corrected chi connectivity index (χ2v) is 5.49. The maximum Gasteiger partial charge on any atom is 0.327 e. The molecule has 0 spiro atoms. The summed E-state index contributed by atoms with van der Waals surface area (Å²) in [5, 5.41) is 5.34. The van der Waals surface area contributed by atoms with Gasteiger partial charge in [-0.3, -0.25) is 24.4 Å². The molecule has 2 aromatic heterocycles. The maximum absolute atomic E-state index is 12.3. The number of hydrogen-bond donors (Lipinski definition) is 4. The summed E-state index contributed by atoms with van der Waals surface area (Å²) in [5.74, 6) is -0.652. The molecule has 0 saturated heterocycles. The maximum atomic E-state index is 12.3. The van der Waals surface area contributed by atoms with E-state index in [2.05, 4.69) is 25.6 Å². The van der Waals surface area contributed by atoms with Gasteiger partial charge in [-0.25, -0.2) is 9.78 Å². The van der Waals surface area contributed by atoms with Crippen LogP contribution in [0.3, 0.4) is 0 Å². The zero-order valence-corrected chi connectivity index (χ0v) is 13.8. The Kier molecular flexibility index (Phi) is 4.61. The van der Waals surface area contributed by atoms with Crippen molar-refractivity contribution in [2.75, 3.05) is 7.05 Å². The van der Waals surface area contributed by atoms with Crippen molar-refractivity contribution in [2.24, 2.45) is 0 Å². The first kappa shape index (κ1) is 17.1. The van der Waals surface area contributed by atoms with Crippen molar-refractivity contribution >= 4 is 22.8 Å². The number of nitrogens with one attached hydrogen (secondary N) is 4. The Morgan fingerprint density at radius 2 is 1.88 bits per heavy atom. The molecule has 3 rings (SSSR count). The van der Waals surface area contributed by atoms with Crippen LogP contribution in [-0.4, -0.2) is 33.8 Å². The number of hydrogen-bond acceptors (Lipinski definition) is 5. The molecule has 132 valence electrons. The summed E-state index contributed by atoms with van der Waals surface area (Å²) in [6.07, 6.45) is 1.27. The number of benzene rings is 1. The third kappa shape index (κ3) is 3.51. The number of fused-ring (bicyclic) bond motifs is 1. The molecule has 0 atom stereocenters. The molecule has 26 heavy (non-hydrogen) atoms. The van der Waals surface area contributed by atoms with Crippen molar-refractivity contribution in [1.82, 2.24) is 25.6 Å². The molecule has 2 heterocycles. The highest BCUT2D eigenvalue weighted by atomic mass is 16.2. The molecule has 0 bridgehead atoms. The predicted molar refractivity (Wildman–Crippen MR) is 94.0 cm³/mol. The van der Waals surface area contributed by atoms with Gasteiger partial charge in [0.25, 0.3) is 17.4 Å². The summed E-state index contributed by atoms with van der Waals surface area (Å²) >= 11 is 0. The van der Waals surface area contributed by atoms with E-state index in [0.29, 0.717) is 5.56 Å². The van der Waals surface area contributed by atoms with Crippen molar-refractivity contribution in [3.05, 3.63) is 74.1 Å². The first-order chi connectivity index (χ1) is 12.5. The third-order valence-corrected chi connectivity index (χ3v) is 3.72. The van der Waals surface area contributed by atoms with E-state index in [-0.39, 0.29) is 29.0 Å². The van der Waals surface area contributed by atoms with Crippen LogP contribution in [0.25, 0.3) is 11.0 Å². The Hall–Kier alpha value is -3.75. The Morgan fingerprint density at radius 1 is 1.08 bits per heavy atom. The molecule has 0 aliphatic rings. The van der Waals surface area contributed by atoms with E-state index in [1.165, 1.54) is 12.3 Å². The van der Waals surface area contributed by atoms with Gasteiger partial charge >= 0.3 is 5.69 Å². The van der Waals surface area contributed by atoms with E-state index >= 15 is 0 Å². The summed E-state index contributed by atoms with van der Waals surface area (Å²) in [7, 11) is 1.54. The number of H-pyrrole nitrogens is 2. The molecule has 3 aromatic rings. The molecule has 9 nitrogen and oxygen atoms in total. The van der Waals surface area contributed by atoms with Crippen LogP contribution < -0.4 is 21.9 Å². The molecule has 0 aliphatic heterocycles. The SMILES string of the molecule is CNC(=O)c1cccc(CNC(=O)c2cnc3[nH]c(=O)[nH]c(=O)c3c2)c1. The minimum absolute atomic E-state index is 0.105. The number of amides is 2. The van der Waals surface area contributed by atoms with Gasteiger partial charge < -0.3 is 10.6 Å². The number of carbonyl (C=O) groups is 2. The van der Waals surface area contributed by atoms with Crippen molar-refractivity contribution in [2.45, 2.75) is 6.54 Å². The fourth-order valence-corrected chi connectivity index (χ4v) is 2.42. The lowest BCUT2D eigenvalue weighted by atomic mass is 10.1. The van der Waals surface area contributed by atoms with Gasteiger partial charge in [-0.15, -0.1) is 0 Å². The number of aromatic nitrogens is 3. The van der Waals surface area contributed by atoms with Crippen LogP contribution in [0, 0.1) is 0 Å². The number of aromatic amines is 2. The van der Waals surface area contributed by atoms with Crippen LogP contribution in [0.1, 0.15) is 26.3 Å². The Labute approximate surface area is 146 Å². The highest BCUT2D eigenvalue weighted by Gasteiger charge is 2.10. The zero-order chi connectivity index (χ0) is 18.7. The van der Waals surface area contributed by atoms with Crippen LogP contribution in [0.2, 0.25) is 0 Å². The molecular formula is C17H15N5O4. The average Bonchev–Trinajstić information content (AvgIpc) is 2.65. The highest BCUT2D eigenvalue weighted by molar-refractivity contribution is 5.96. The van der Waals surface area contributed by atoms with Gasteiger partial charge in [-0.2, -0.15) is 0 Å². The van der Waals surface area contributed by atoms with Gasteiger partial charge in [-0.1, -0.05) is 12.1 Å². The molecule has 0 unspecified atom stereocenters. The second kappa shape index (κ2) is 7.01. The van der Waals surface area contributed by atoms with Crippen molar-refractivity contribution in [3.8, 4) is 0 Å². The van der Waals surface area contributed by atoms with Crippen molar-refractivity contribution in [1.29, 1.82) is 0 Å². The summed E-state index contributed by atoms with van der Waals surface area (Å²) in [6.45, 7) is 0.198. The number of pyridine rings is 1. The number of nitrogens with zero attached hydrogens (tertiary/aromatic N) is 1. The quantitative estimate of drug-likeness (QED) is 0.519. The second-order valence-electron chi connectivity index (χ2n) is 5.49. The van der Waals surface area contributed by atoms with E-state index in [4.69, 9.17) is 0 Å². The first-order valence-electron chi connectivity index (χ1n) is 7.69. The Balaban J connectivity index is 1.78. The Bertz CT molecular complexity index is 1120. The monoisotopic (exact) mass is 353 g/mol.